The maximum absolute atomic E-state index is 11.8. The first-order valence-corrected chi connectivity index (χ1v) is 6.16. The number of aliphatic carboxylic acids is 1. The number of hydrogen-bond acceptors (Lipinski definition) is 5. The summed E-state index contributed by atoms with van der Waals surface area (Å²) in [5.41, 5.74) is 0.520. The van der Waals surface area contributed by atoms with E-state index in [2.05, 4.69) is 14.9 Å². The van der Waals surface area contributed by atoms with Crippen molar-refractivity contribution >= 4 is 23.4 Å². The van der Waals surface area contributed by atoms with Gasteiger partial charge in [-0.05, 0) is 24.9 Å². The van der Waals surface area contributed by atoms with E-state index in [1.165, 1.54) is 0 Å². The van der Waals surface area contributed by atoms with E-state index >= 15 is 0 Å². The number of carbonyl (C=O) groups is 2. The molecule has 0 saturated heterocycles. The van der Waals surface area contributed by atoms with Crippen molar-refractivity contribution in [2.45, 2.75) is 39.2 Å². The van der Waals surface area contributed by atoms with Crippen LogP contribution in [0.3, 0.4) is 0 Å². The summed E-state index contributed by atoms with van der Waals surface area (Å²) in [5, 5.41) is 15.2. The van der Waals surface area contributed by atoms with Crippen LogP contribution in [-0.2, 0) is 4.79 Å². The number of amides is 1. The topological polar surface area (TPSA) is 92.2 Å². The Balaban J connectivity index is 2.64. The van der Waals surface area contributed by atoms with Crippen LogP contribution in [0.4, 0.5) is 0 Å². The Bertz CT molecular complexity index is 405. The number of rotatable bonds is 6. The lowest BCUT2D eigenvalue weighted by Gasteiger charge is -2.13. The van der Waals surface area contributed by atoms with Crippen LogP contribution in [0.2, 0.25) is 0 Å². The van der Waals surface area contributed by atoms with E-state index in [-0.39, 0.29) is 0 Å². The molecule has 6 nitrogen and oxygen atoms in total. The van der Waals surface area contributed by atoms with Gasteiger partial charge >= 0.3 is 5.97 Å². The summed E-state index contributed by atoms with van der Waals surface area (Å²) in [4.78, 5) is 23.1. The molecular weight excluding hydrogens is 242 g/mol. The van der Waals surface area contributed by atoms with Crippen LogP contribution < -0.4 is 5.32 Å². The fourth-order valence-corrected chi connectivity index (χ4v) is 1.89. The molecule has 0 aliphatic carbocycles. The highest BCUT2D eigenvalue weighted by molar-refractivity contribution is 7.08. The minimum atomic E-state index is -1.01. The molecule has 0 aromatic carbocycles. The third kappa shape index (κ3) is 3.77. The normalized spacial score (nSPS) is 12.1. The SMILES string of the molecule is CCCCC(NC(=O)c1snnc1C)C(=O)O. The first kappa shape index (κ1) is 13.6. The van der Waals surface area contributed by atoms with Crippen LogP contribution in [0.25, 0.3) is 0 Å². The molecule has 0 fully saturated rings. The van der Waals surface area contributed by atoms with E-state index in [0.717, 1.165) is 24.4 Å². The highest BCUT2D eigenvalue weighted by atomic mass is 32.1. The molecule has 0 aliphatic rings. The Morgan fingerprint density at radius 3 is 2.71 bits per heavy atom. The lowest BCUT2D eigenvalue weighted by molar-refractivity contribution is -0.139. The average molecular weight is 257 g/mol. The van der Waals surface area contributed by atoms with Crippen molar-refractivity contribution in [2.24, 2.45) is 0 Å². The van der Waals surface area contributed by atoms with Crippen LogP contribution in [-0.4, -0.2) is 32.6 Å². The number of unbranched alkanes of at least 4 members (excludes halogenated alkanes) is 1. The molecule has 0 saturated carbocycles. The zero-order valence-electron chi connectivity index (χ0n) is 9.77. The number of carboxylic acids is 1. The Kier molecular flexibility index (Phi) is 5.02. The maximum atomic E-state index is 11.8. The second-order valence-electron chi connectivity index (χ2n) is 3.69. The highest BCUT2D eigenvalue weighted by Crippen LogP contribution is 2.10. The summed E-state index contributed by atoms with van der Waals surface area (Å²) in [6, 6.07) is -0.844. The maximum Gasteiger partial charge on any atom is 0.326 e. The summed E-state index contributed by atoms with van der Waals surface area (Å²) in [7, 11) is 0. The molecule has 1 rings (SSSR count). The van der Waals surface area contributed by atoms with Gasteiger partial charge in [-0.3, -0.25) is 4.79 Å². The molecule has 0 aliphatic heterocycles. The Hall–Kier alpha value is -1.50. The van der Waals surface area contributed by atoms with Gasteiger partial charge in [0.15, 0.2) is 0 Å². The lowest BCUT2D eigenvalue weighted by Crippen LogP contribution is -2.40. The fourth-order valence-electron chi connectivity index (χ4n) is 1.33. The van der Waals surface area contributed by atoms with Gasteiger partial charge in [0.2, 0.25) is 0 Å². The third-order valence-corrected chi connectivity index (χ3v) is 3.13. The molecule has 1 atom stereocenters. The van der Waals surface area contributed by atoms with Gasteiger partial charge in [-0.25, -0.2) is 4.79 Å². The average Bonchev–Trinajstić information content (AvgIpc) is 2.70. The Morgan fingerprint density at radius 2 is 2.24 bits per heavy atom. The smallest absolute Gasteiger partial charge is 0.326 e. The van der Waals surface area contributed by atoms with Crippen molar-refractivity contribution in [1.82, 2.24) is 14.9 Å². The molecule has 0 bridgehead atoms. The first-order valence-electron chi connectivity index (χ1n) is 5.38. The van der Waals surface area contributed by atoms with E-state index in [0.29, 0.717) is 17.0 Å². The van der Waals surface area contributed by atoms with E-state index in [1.54, 1.807) is 6.92 Å². The van der Waals surface area contributed by atoms with Gasteiger partial charge in [0.25, 0.3) is 5.91 Å². The van der Waals surface area contributed by atoms with Crippen LogP contribution in [0.15, 0.2) is 0 Å². The summed E-state index contributed by atoms with van der Waals surface area (Å²) in [6.07, 6.45) is 2.08. The molecule has 1 aromatic heterocycles. The first-order chi connectivity index (χ1) is 8.06. The zero-order chi connectivity index (χ0) is 12.8. The largest absolute Gasteiger partial charge is 0.480 e. The monoisotopic (exact) mass is 257 g/mol. The molecule has 2 N–H and O–H groups in total. The Morgan fingerprint density at radius 1 is 1.53 bits per heavy atom. The van der Waals surface area contributed by atoms with Crippen molar-refractivity contribution < 1.29 is 14.7 Å². The molecule has 17 heavy (non-hydrogen) atoms. The van der Waals surface area contributed by atoms with Gasteiger partial charge in [0, 0.05) is 0 Å². The number of hydrogen-bond donors (Lipinski definition) is 2. The number of carboxylic acid groups (broad SMARTS) is 1. The van der Waals surface area contributed by atoms with Crippen molar-refractivity contribution in [2.75, 3.05) is 0 Å². The van der Waals surface area contributed by atoms with E-state index in [9.17, 15) is 9.59 Å². The highest BCUT2D eigenvalue weighted by Gasteiger charge is 2.22. The van der Waals surface area contributed by atoms with Crippen molar-refractivity contribution in [1.29, 1.82) is 0 Å². The van der Waals surface area contributed by atoms with Crippen molar-refractivity contribution in [3.05, 3.63) is 10.6 Å². The number of aryl methyl sites for hydroxylation is 1. The van der Waals surface area contributed by atoms with E-state index in [1.807, 2.05) is 6.92 Å². The molecule has 1 heterocycles. The molecule has 7 heteroatoms. The predicted octanol–water partition coefficient (Wildman–Crippen LogP) is 1.22. The second kappa shape index (κ2) is 6.29. The summed E-state index contributed by atoms with van der Waals surface area (Å²) in [5.74, 6) is -1.43. The van der Waals surface area contributed by atoms with Gasteiger partial charge in [0.1, 0.15) is 10.9 Å². The number of carbonyl (C=O) groups excluding carboxylic acids is 1. The lowest BCUT2D eigenvalue weighted by atomic mass is 10.1. The summed E-state index contributed by atoms with van der Waals surface area (Å²) in [6.45, 7) is 3.64. The second-order valence-corrected chi connectivity index (χ2v) is 4.45. The van der Waals surface area contributed by atoms with Gasteiger partial charge in [0.05, 0.1) is 5.69 Å². The van der Waals surface area contributed by atoms with Gasteiger partial charge < -0.3 is 10.4 Å². The Labute approximate surface area is 103 Å². The molecule has 1 aromatic rings. The third-order valence-electron chi connectivity index (χ3n) is 2.31. The minimum absolute atomic E-state index is 0.368. The van der Waals surface area contributed by atoms with Crippen LogP contribution in [0.5, 0.6) is 0 Å². The van der Waals surface area contributed by atoms with Crippen LogP contribution in [0.1, 0.15) is 41.6 Å². The van der Waals surface area contributed by atoms with Crippen LogP contribution >= 0.6 is 11.5 Å². The van der Waals surface area contributed by atoms with Gasteiger partial charge in [-0.1, -0.05) is 24.3 Å². The quantitative estimate of drug-likeness (QED) is 0.799. The van der Waals surface area contributed by atoms with Gasteiger partial charge in [-0.2, -0.15) is 0 Å². The predicted molar refractivity (Wildman–Crippen MR) is 63.1 cm³/mol. The molecule has 1 unspecified atom stereocenters. The summed E-state index contributed by atoms with van der Waals surface area (Å²) >= 11 is 0.969. The van der Waals surface area contributed by atoms with Crippen molar-refractivity contribution in [3.63, 3.8) is 0 Å². The number of aromatic nitrogens is 2. The van der Waals surface area contributed by atoms with Gasteiger partial charge in [-0.15, -0.1) is 5.10 Å². The zero-order valence-corrected chi connectivity index (χ0v) is 10.6. The molecular formula is C10H15N3O3S. The molecule has 94 valence electrons. The molecule has 0 spiro atoms. The summed E-state index contributed by atoms with van der Waals surface area (Å²) < 4.78 is 3.64. The van der Waals surface area contributed by atoms with E-state index in [4.69, 9.17) is 5.11 Å². The van der Waals surface area contributed by atoms with Crippen molar-refractivity contribution in [3.8, 4) is 0 Å². The molecule has 1 amide bonds. The van der Waals surface area contributed by atoms with E-state index < -0.39 is 17.9 Å². The number of nitrogens with zero attached hydrogens (tertiary/aromatic N) is 2. The van der Waals surface area contributed by atoms with Crippen LogP contribution in [0, 0.1) is 6.92 Å². The fraction of sp³-hybridized carbons (Fsp3) is 0.600. The number of nitrogens with one attached hydrogen (secondary N) is 1. The minimum Gasteiger partial charge on any atom is -0.480 e. The molecule has 0 radical (unpaired) electrons. The standard InChI is InChI=1S/C10H15N3O3S/c1-3-4-5-7(10(15)16)11-9(14)8-6(2)12-13-17-8/h7H,3-5H2,1-2H3,(H,11,14)(H,15,16).